The smallest absolute Gasteiger partial charge is 0.0456 e. The zero-order valence-electron chi connectivity index (χ0n) is 10.2. The van der Waals surface area contributed by atoms with Gasteiger partial charge >= 0.3 is 0 Å². The number of aromatic amines is 1. The van der Waals surface area contributed by atoms with E-state index < -0.39 is 0 Å². The first-order valence-electron chi connectivity index (χ1n) is 5.80. The number of nitrogens with two attached hydrogens (primary N) is 1. The van der Waals surface area contributed by atoms with E-state index in [1.807, 2.05) is 0 Å². The van der Waals surface area contributed by atoms with Crippen LogP contribution in [0.5, 0.6) is 0 Å². The van der Waals surface area contributed by atoms with Gasteiger partial charge in [0, 0.05) is 23.0 Å². The molecule has 16 heavy (non-hydrogen) atoms. The van der Waals surface area contributed by atoms with Crippen LogP contribution in [0.3, 0.4) is 0 Å². The molecule has 1 unspecified atom stereocenters. The maximum atomic E-state index is 5.93. The Morgan fingerprint density at radius 3 is 2.56 bits per heavy atom. The van der Waals surface area contributed by atoms with Gasteiger partial charge in [0.1, 0.15) is 0 Å². The average molecular weight is 216 g/mol. The van der Waals surface area contributed by atoms with Crippen molar-refractivity contribution in [2.45, 2.75) is 26.7 Å². The molecule has 2 rings (SSSR count). The van der Waals surface area contributed by atoms with Crippen LogP contribution in [0.2, 0.25) is 0 Å². The Balaban J connectivity index is 2.54. The number of fused-ring (bicyclic) bond motifs is 1. The molecule has 0 saturated carbocycles. The van der Waals surface area contributed by atoms with Gasteiger partial charge < -0.3 is 10.7 Å². The predicted molar refractivity (Wildman–Crippen MR) is 69.5 cm³/mol. The van der Waals surface area contributed by atoms with Gasteiger partial charge in [0.25, 0.3) is 0 Å². The molecule has 0 aliphatic rings. The zero-order valence-corrected chi connectivity index (χ0v) is 10.2. The summed E-state index contributed by atoms with van der Waals surface area (Å²) >= 11 is 0. The largest absolute Gasteiger partial charge is 0.361 e. The minimum Gasteiger partial charge on any atom is -0.361 e. The van der Waals surface area contributed by atoms with Gasteiger partial charge in [-0.15, -0.1) is 0 Å². The third-order valence-electron chi connectivity index (χ3n) is 3.28. The van der Waals surface area contributed by atoms with Crippen LogP contribution in [0.15, 0.2) is 30.5 Å². The summed E-state index contributed by atoms with van der Waals surface area (Å²) in [5.41, 5.74) is 8.65. The highest BCUT2D eigenvalue weighted by atomic mass is 14.7. The molecule has 0 amide bonds. The van der Waals surface area contributed by atoms with Crippen LogP contribution in [0.4, 0.5) is 0 Å². The second kappa shape index (κ2) is 3.95. The first-order chi connectivity index (χ1) is 7.54. The molecule has 2 heteroatoms. The Kier molecular flexibility index (Phi) is 2.76. The summed E-state index contributed by atoms with van der Waals surface area (Å²) in [6, 6.07) is 8.40. The molecule has 86 valence electrons. The van der Waals surface area contributed by atoms with E-state index in [1.54, 1.807) is 0 Å². The zero-order chi connectivity index (χ0) is 11.8. The Morgan fingerprint density at radius 1 is 1.25 bits per heavy atom. The van der Waals surface area contributed by atoms with Crippen LogP contribution in [0.1, 0.15) is 32.3 Å². The number of hydrogen-bond acceptors (Lipinski definition) is 1. The maximum Gasteiger partial charge on any atom is 0.0456 e. The molecule has 0 aliphatic carbocycles. The molecule has 1 aromatic carbocycles. The Labute approximate surface area is 96.9 Å². The van der Waals surface area contributed by atoms with Gasteiger partial charge in [0.05, 0.1) is 0 Å². The first kappa shape index (κ1) is 11.2. The fourth-order valence-electron chi connectivity index (χ4n) is 2.33. The number of aromatic nitrogens is 1. The minimum atomic E-state index is 0.194. The first-order valence-corrected chi connectivity index (χ1v) is 5.80. The Bertz CT molecular complexity index is 477. The number of nitrogens with one attached hydrogen (secondary N) is 1. The number of rotatable bonds is 2. The monoisotopic (exact) mass is 216 g/mol. The number of para-hydroxylation sites is 1. The van der Waals surface area contributed by atoms with E-state index >= 15 is 0 Å². The Morgan fingerprint density at radius 2 is 1.94 bits per heavy atom. The van der Waals surface area contributed by atoms with Crippen molar-refractivity contribution < 1.29 is 0 Å². The second-order valence-electron chi connectivity index (χ2n) is 5.44. The maximum absolute atomic E-state index is 5.93. The summed E-state index contributed by atoms with van der Waals surface area (Å²) in [5, 5.41) is 1.30. The topological polar surface area (TPSA) is 41.8 Å². The van der Waals surface area contributed by atoms with E-state index in [1.165, 1.54) is 16.5 Å². The lowest BCUT2D eigenvalue weighted by Gasteiger charge is -2.29. The number of H-pyrrole nitrogens is 1. The fraction of sp³-hybridized carbons (Fsp3) is 0.429. The van der Waals surface area contributed by atoms with Crippen molar-refractivity contribution >= 4 is 10.9 Å². The molecule has 0 aliphatic heterocycles. The highest BCUT2D eigenvalue weighted by molar-refractivity contribution is 5.83. The van der Waals surface area contributed by atoms with Crippen molar-refractivity contribution in [1.29, 1.82) is 0 Å². The highest BCUT2D eigenvalue weighted by Crippen LogP contribution is 2.37. The van der Waals surface area contributed by atoms with Gasteiger partial charge in [-0.3, -0.25) is 0 Å². The van der Waals surface area contributed by atoms with Gasteiger partial charge in [0.15, 0.2) is 0 Å². The van der Waals surface area contributed by atoms with E-state index in [2.05, 4.69) is 56.2 Å². The summed E-state index contributed by atoms with van der Waals surface area (Å²) < 4.78 is 0. The van der Waals surface area contributed by atoms with Crippen LogP contribution in [-0.2, 0) is 0 Å². The van der Waals surface area contributed by atoms with Crippen molar-refractivity contribution in [3.8, 4) is 0 Å². The standard InChI is InChI=1S/C14H20N2/c1-14(2,3)12(8-15)11-9-16-13-7-5-4-6-10(11)13/h4-7,9,12,16H,8,15H2,1-3H3. The molecular formula is C14H20N2. The van der Waals surface area contributed by atoms with Crippen molar-refractivity contribution in [2.24, 2.45) is 11.1 Å². The summed E-state index contributed by atoms with van der Waals surface area (Å²) in [5.74, 6) is 0.392. The van der Waals surface area contributed by atoms with Crippen molar-refractivity contribution in [3.63, 3.8) is 0 Å². The quantitative estimate of drug-likeness (QED) is 0.795. The van der Waals surface area contributed by atoms with E-state index in [4.69, 9.17) is 5.73 Å². The van der Waals surface area contributed by atoms with Crippen LogP contribution in [0.25, 0.3) is 10.9 Å². The lowest BCUT2D eigenvalue weighted by molar-refractivity contribution is 0.327. The molecule has 2 aromatic rings. The summed E-state index contributed by atoms with van der Waals surface area (Å²) in [4.78, 5) is 3.32. The molecular weight excluding hydrogens is 196 g/mol. The molecule has 0 spiro atoms. The highest BCUT2D eigenvalue weighted by Gasteiger charge is 2.26. The molecule has 0 saturated heterocycles. The average Bonchev–Trinajstić information content (AvgIpc) is 2.61. The summed E-state index contributed by atoms with van der Waals surface area (Å²) in [6.07, 6.45) is 2.10. The van der Waals surface area contributed by atoms with E-state index in [9.17, 15) is 0 Å². The van der Waals surface area contributed by atoms with Gasteiger partial charge in [-0.2, -0.15) is 0 Å². The third kappa shape index (κ3) is 1.85. The van der Waals surface area contributed by atoms with Crippen LogP contribution < -0.4 is 5.73 Å². The van der Waals surface area contributed by atoms with E-state index in [-0.39, 0.29) is 5.41 Å². The van der Waals surface area contributed by atoms with Gasteiger partial charge in [-0.05, 0) is 23.6 Å². The van der Waals surface area contributed by atoms with Gasteiger partial charge in [-0.1, -0.05) is 39.0 Å². The summed E-state index contributed by atoms with van der Waals surface area (Å²) in [6.45, 7) is 7.41. The molecule has 3 N–H and O–H groups in total. The SMILES string of the molecule is CC(C)(C)C(CN)c1c[nH]c2ccccc12. The van der Waals surface area contributed by atoms with E-state index in [0.29, 0.717) is 12.5 Å². The van der Waals surface area contributed by atoms with E-state index in [0.717, 1.165) is 0 Å². The van der Waals surface area contributed by atoms with Gasteiger partial charge in [0.2, 0.25) is 0 Å². The fourth-order valence-corrected chi connectivity index (χ4v) is 2.33. The lowest BCUT2D eigenvalue weighted by Crippen LogP contribution is -2.25. The van der Waals surface area contributed by atoms with Crippen LogP contribution in [-0.4, -0.2) is 11.5 Å². The van der Waals surface area contributed by atoms with Gasteiger partial charge in [-0.25, -0.2) is 0 Å². The number of benzene rings is 1. The normalized spacial score (nSPS) is 14.2. The van der Waals surface area contributed by atoms with Crippen LogP contribution >= 0.6 is 0 Å². The molecule has 0 radical (unpaired) electrons. The third-order valence-corrected chi connectivity index (χ3v) is 3.28. The predicted octanol–water partition coefficient (Wildman–Crippen LogP) is 3.26. The molecule has 0 fully saturated rings. The van der Waals surface area contributed by atoms with Crippen molar-refractivity contribution in [1.82, 2.24) is 4.98 Å². The van der Waals surface area contributed by atoms with Crippen LogP contribution in [0, 0.1) is 5.41 Å². The molecule has 1 atom stereocenters. The summed E-state index contributed by atoms with van der Waals surface area (Å²) in [7, 11) is 0. The Hall–Kier alpha value is -1.28. The molecule has 1 aromatic heterocycles. The second-order valence-corrected chi connectivity index (χ2v) is 5.44. The minimum absolute atomic E-state index is 0.194. The molecule has 0 bridgehead atoms. The lowest BCUT2D eigenvalue weighted by atomic mass is 9.76. The number of hydrogen-bond donors (Lipinski definition) is 2. The van der Waals surface area contributed by atoms with Crippen molar-refractivity contribution in [3.05, 3.63) is 36.0 Å². The molecule has 2 nitrogen and oxygen atoms in total. The van der Waals surface area contributed by atoms with Crippen molar-refractivity contribution in [2.75, 3.05) is 6.54 Å². The molecule has 1 heterocycles.